The van der Waals surface area contributed by atoms with Crippen LogP contribution in [0.3, 0.4) is 0 Å². The fourth-order valence-electron chi connectivity index (χ4n) is 12.8. The summed E-state index contributed by atoms with van der Waals surface area (Å²) in [4.78, 5) is 141. The molecule has 12 rings (SSSR count). The molecule has 9 N–H and O–H groups in total. The van der Waals surface area contributed by atoms with Gasteiger partial charge in [0.25, 0.3) is 36.2 Å². The molecule has 6 amide bonds. The number of nitrogens with one attached hydrogen (secondary N) is 2. The largest absolute Gasteiger partial charge is 0.476 e. The molecule has 3 aromatic carbocycles. The lowest BCUT2D eigenvalue weighted by Gasteiger charge is -2.33. The van der Waals surface area contributed by atoms with Gasteiger partial charge in [-0.3, -0.25) is 58.3 Å². The van der Waals surface area contributed by atoms with Crippen LogP contribution in [-0.2, 0) is 25.8 Å². The third kappa shape index (κ3) is 27.5. The monoisotopic (exact) mass is 1560 g/mol. The van der Waals surface area contributed by atoms with E-state index in [9.17, 15) is 43.6 Å². The number of carboxylic acid groups (broad SMARTS) is 1. The highest BCUT2D eigenvalue weighted by atomic mass is 16.4. The van der Waals surface area contributed by atoms with Gasteiger partial charge < -0.3 is 32.9 Å². The molecule has 0 radical (unpaired) electrons. The van der Waals surface area contributed by atoms with Crippen LogP contribution < -0.4 is 37.6 Å². The van der Waals surface area contributed by atoms with Gasteiger partial charge in [0.15, 0.2) is 40.4 Å². The van der Waals surface area contributed by atoms with E-state index < -0.39 is 47.4 Å². The summed E-state index contributed by atoms with van der Waals surface area (Å²) in [6, 6.07) is 33.9. The van der Waals surface area contributed by atoms with E-state index in [2.05, 4.69) is 135 Å². The van der Waals surface area contributed by atoms with Crippen LogP contribution in [0.5, 0.6) is 0 Å². The van der Waals surface area contributed by atoms with Crippen LogP contribution >= 0.6 is 0 Å². The Labute approximate surface area is 673 Å². The van der Waals surface area contributed by atoms with E-state index in [0.717, 1.165) is 87.3 Å². The van der Waals surface area contributed by atoms with E-state index in [1.807, 2.05) is 54.6 Å². The number of hydrogen-bond acceptors (Lipinski definition) is 19. The molecule has 0 saturated heterocycles. The number of rotatable bonds is 16. The van der Waals surface area contributed by atoms with Gasteiger partial charge in [-0.1, -0.05) is 168 Å². The van der Waals surface area contributed by atoms with Crippen molar-refractivity contribution in [3.63, 3.8) is 0 Å². The van der Waals surface area contributed by atoms with E-state index in [0.29, 0.717) is 34.1 Å². The Balaban J connectivity index is 0.000000243. The Morgan fingerprint density at radius 1 is 0.487 bits per heavy atom. The molecule has 3 saturated carbocycles. The third-order valence-electron chi connectivity index (χ3n) is 19.0. The number of anilines is 3. The van der Waals surface area contributed by atoms with Crippen molar-refractivity contribution >= 4 is 64.8 Å². The lowest BCUT2D eigenvalue weighted by atomic mass is 9.87. The van der Waals surface area contributed by atoms with Crippen LogP contribution in [0.1, 0.15) is 274 Å². The van der Waals surface area contributed by atoms with Gasteiger partial charge in [0, 0.05) is 133 Å². The minimum Gasteiger partial charge on any atom is -0.476 e. The minimum absolute atomic E-state index is 0. The summed E-state index contributed by atoms with van der Waals surface area (Å²) in [6.45, 7) is 24.3. The van der Waals surface area contributed by atoms with E-state index in [1.165, 1.54) is 90.8 Å². The molecule has 115 heavy (non-hydrogen) atoms. The van der Waals surface area contributed by atoms with Crippen LogP contribution in [0, 0.1) is 17.9 Å². The van der Waals surface area contributed by atoms with Crippen molar-refractivity contribution in [3.8, 4) is 12.6 Å². The number of nitrogens with two attached hydrogens (primary N) is 3. The highest BCUT2D eigenvalue weighted by Crippen LogP contribution is 2.36. The number of hydrogen-bond donors (Lipinski definition) is 6. The van der Waals surface area contributed by atoms with E-state index >= 15 is 0 Å². The predicted molar refractivity (Wildman–Crippen MR) is 444 cm³/mol. The Hall–Kier alpha value is -12.9. The standard InChI is InChI=1S/C29H34N6O3.C29H32N6O2.C10H15N.C7H12N.C6H5N3O3.C6H5NO.CH4/c1-29(2,3)20-11-13-22(14-12-20)35(28(38)24-23(26(30)36)32-16-17-33-24)25(19-8-7-15-31-18-19)27(37)34-21-9-5-4-6-10-21;1-29(2,3)21-11-13-23(14-12-21)35(28(37)25-24(18-30)32-16-17-33-25)26(20-8-7-15-31-19-20)27(36)34-22-9-5-4-6-10-22;1-10(2,3)8-4-6-9(11)7-5-8;1-8-7-5-3-2-4-6-7;7-5(10)3-4(6(11)12)9-2-1-8-3;8-5-6-2-1-3-7-4-6;/h7-8,11-18,21,25H,4-6,9-10H2,1-3H3,(H2,30,36)(H,34,37);7-8,11-17,19,22,26H,4-6,9-10H2,1-3H3,(H,34,36);4-7H,11H2,1-3H3;1,7H,2-6H2;1-2H,(H2,7,10)(H,11,12);1-5H;1H4/q;;;+1;;;. The van der Waals surface area contributed by atoms with Crippen LogP contribution in [0.15, 0.2) is 184 Å². The summed E-state index contributed by atoms with van der Waals surface area (Å²) in [6.07, 6.45) is 34.6. The molecule has 3 fully saturated rings. The maximum absolute atomic E-state index is 14.2. The van der Waals surface area contributed by atoms with Crippen molar-refractivity contribution in [1.29, 1.82) is 5.26 Å². The Morgan fingerprint density at radius 3 is 1.16 bits per heavy atom. The number of primary amides is 2. The third-order valence-corrected chi connectivity index (χ3v) is 19.0. The fourth-order valence-corrected chi connectivity index (χ4v) is 12.8. The first-order valence-electron chi connectivity index (χ1n) is 38.0. The zero-order chi connectivity index (χ0) is 83.0. The molecule has 9 aromatic rings. The Bertz CT molecular complexity index is 4680. The first-order valence-corrected chi connectivity index (χ1v) is 38.0. The summed E-state index contributed by atoms with van der Waals surface area (Å²) in [7, 11) is 0. The summed E-state index contributed by atoms with van der Waals surface area (Å²) in [5, 5.41) is 24.5. The maximum atomic E-state index is 14.2. The number of benzene rings is 3. The smallest absolute Gasteiger partial charge is 0.356 e. The van der Waals surface area contributed by atoms with Gasteiger partial charge in [0.2, 0.25) is 11.8 Å². The molecule has 602 valence electrons. The number of amides is 6. The summed E-state index contributed by atoms with van der Waals surface area (Å²) in [5.41, 5.74) is 21.5. The van der Waals surface area contributed by atoms with Crippen molar-refractivity contribution in [3.05, 3.63) is 256 Å². The Morgan fingerprint density at radius 2 is 0.835 bits per heavy atom. The maximum Gasteiger partial charge on any atom is 0.356 e. The van der Waals surface area contributed by atoms with Gasteiger partial charge >= 0.3 is 5.97 Å². The number of carbonyl (C=O) groups is 8. The molecule has 3 aliphatic carbocycles. The molecular weight excluding hydrogens is 1450 g/mol. The molecule has 0 spiro atoms. The fraction of sp³-hybridized carbons (Fsp3) is 0.375. The highest BCUT2D eigenvalue weighted by Gasteiger charge is 2.39. The topological polar surface area (TPSA) is 410 Å². The van der Waals surface area contributed by atoms with Gasteiger partial charge in [-0.25, -0.2) is 34.7 Å². The zero-order valence-electron chi connectivity index (χ0n) is 66.2. The van der Waals surface area contributed by atoms with Crippen LogP contribution in [0.25, 0.3) is 4.85 Å². The molecule has 6 aromatic heterocycles. The number of aldehydes is 1. The SMILES string of the molecule is C.C#[N+]C1CCCCC1.CC(C)(C)c1ccc(N(C(=O)c2nccnc2C#N)C(C(=O)NC2CCCCC2)c2cccnc2)cc1.CC(C)(C)c1ccc(N(C(=O)c2nccnc2C(N)=O)C(C(=O)NC2CCCCC2)c2cccnc2)cc1.CC(C)(C)c1ccc(N)cc1.NC(=O)c1nccnc1C(=O)O.O=Cc1cccnc1. The molecule has 0 aliphatic heterocycles. The molecule has 3 aliphatic rings. The molecule has 27 nitrogen and oxygen atoms in total. The summed E-state index contributed by atoms with van der Waals surface area (Å²) < 4.78 is 0. The number of aromatic nitrogens is 9. The van der Waals surface area contributed by atoms with Crippen molar-refractivity contribution in [2.24, 2.45) is 11.5 Å². The second kappa shape index (κ2) is 44.4. The number of nitriles is 1. The number of carboxylic acids is 1. The molecule has 2 atom stereocenters. The number of nitrogen functional groups attached to an aromatic ring is 1. The number of pyridine rings is 3. The summed E-state index contributed by atoms with van der Waals surface area (Å²) in [5.74, 6) is -4.98. The quantitative estimate of drug-likeness (QED) is 0.0386. The van der Waals surface area contributed by atoms with Crippen molar-refractivity contribution < 1.29 is 43.5 Å². The van der Waals surface area contributed by atoms with Crippen LogP contribution in [0.4, 0.5) is 17.1 Å². The lowest BCUT2D eigenvalue weighted by Crippen LogP contribution is -2.48. The normalized spacial score (nSPS) is 13.9. The second-order valence-electron chi connectivity index (χ2n) is 30.6. The molecular formula is C88H107N18O9+. The molecule has 0 bridgehead atoms. The van der Waals surface area contributed by atoms with Crippen molar-refractivity contribution in [2.75, 3.05) is 15.5 Å². The summed E-state index contributed by atoms with van der Waals surface area (Å²) >= 11 is 0. The Kier molecular flexibility index (Phi) is 35.1. The second-order valence-corrected chi connectivity index (χ2v) is 30.6. The molecule has 27 heteroatoms. The number of aromatic carboxylic acids is 1. The number of nitrogens with zero attached hydrogens (tertiary/aromatic N) is 13. The average molecular weight is 1560 g/mol. The van der Waals surface area contributed by atoms with E-state index in [1.54, 1.807) is 79.5 Å². The first-order chi connectivity index (χ1) is 54.4. The van der Waals surface area contributed by atoms with Gasteiger partial charge in [-0.05, 0) is 132 Å². The van der Waals surface area contributed by atoms with Gasteiger partial charge in [-0.2, -0.15) is 5.26 Å². The van der Waals surface area contributed by atoms with Crippen molar-refractivity contribution in [1.82, 2.24) is 55.5 Å². The van der Waals surface area contributed by atoms with E-state index in [-0.39, 0.29) is 76.0 Å². The van der Waals surface area contributed by atoms with Gasteiger partial charge in [0.1, 0.15) is 18.2 Å². The molecule has 6 heterocycles. The van der Waals surface area contributed by atoms with Crippen LogP contribution in [-0.4, -0.2) is 116 Å². The zero-order valence-corrected chi connectivity index (χ0v) is 66.2. The van der Waals surface area contributed by atoms with E-state index in [4.69, 9.17) is 28.9 Å². The van der Waals surface area contributed by atoms with Gasteiger partial charge in [-0.15, -0.1) is 0 Å². The average Bonchev–Trinajstić information content (AvgIpc) is 0.777. The lowest BCUT2D eigenvalue weighted by molar-refractivity contribution is -0.124. The first kappa shape index (κ1) is 91.0. The minimum atomic E-state index is -1.32. The van der Waals surface area contributed by atoms with Crippen LogP contribution in [0.2, 0.25) is 0 Å². The predicted octanol–water partition coefficient (Wildman–Crippen LogP) is 14.6. The molecule has 2 unspecified atom stereocenters. The number of carbonyl (C=O) groups excluding carboxylic acids is 7. The van der Waals surface area contributed by atoms with Gasteiger partial charge in [0.05, 0.1) is 0 Å². The highest BCUT2D eigenvalue weighted by molar-refractivity contribution is 6.14. The van der Waals surface area contributed by atoms with Crippen molar-refractivity contribution in [2.45, 2.75) is 213 Å².